The highest BCUT2D eigenvalue weighted by molar-refractivity contribution is 6.00. The van der Waals surface area contributed by atoms with Crippen LogP contribution in [0.1, 0.15) is 26.7 Å². The Kier molecular flexibility index (Phi) is 1.14. The number of rotatable bonds is 0. The largest absolute Gasteiger partial charge is 0.294 e. The number of ketones is 1. The maximum Gasteiger partial charge on any atom is 0.162 e. The summed E-state index contributed by atoms with van der Waals surface area (Å²) in [6, 6.07) is 0. The minimum Gasteiger partial charge on any atom is -0.294 e. The van der Waals surface area contributed by atoms with Gasteiger partial charge in [-0.25, -0.2) is 0 Å². The minimum absolute atomic E-state index is 0.288. The number of hydrogen-bond donors (Lipinski definition) is 0. The average molecular weight is 150 g/mol. The van der Waals surface area contributed by atoms with Gasteiger partial charge < -0.3 is 0 Å². The van der Waals surface area contributed by atoms with Crippen LogP contribution in [0.25, 0.3) is 0 Å². The quantitative estimate of drug-likeness (QED) is 0.484. The Balaban J connectivity index is 2.25. The van der Waals surface area contributed by atoms with E-state index >= 15 is 0 Å². The molecule has 0 N–H and O–H groups in total. The molecule has 0 amide bonds. The van der Waals surface area contributed by atoms with Crippen LogP contribution in [0.3, 0.4) is 0 Å². The fourth-order valence-corrected chi connectivity index (χ4v) is 2.48. The standard InChI is InChI=1S/C10H14O/c1-6-4-5-7-8(9(6)11)10(7,2)3/h7-8H,1,4-5H2,2-3H3/t7-,8-/m0/s1. The summed E-state index contributed by atoms with van der Waals surface area (Å²) in [5, 5.41) is 0. The first-order valence-corrected chi connectivity index (χ1v) is 4.27. The second-order valence-corrected chi connectivity index (χ2v) is 4.41. The van der Waals surface area contributed by atoms with Gasteiger partial charge in [0.2, 0.25) is 0 Å². The molecule has 0 bridgehead atoms. The Hall–Kier alpha value is -0.590. The fraction of sp³-hybridized carbons (Fsp3) is 0.700. The molecule has 0 radical (unpaired) electrons. The first-order chi connectivity index (χ1) is 5.05. The molecule has 0 aromatic carbocycles. The first kappa shape index (κ1) is 7.08. The van der Waals surface area contributed by atoms with Crippen LogP contribution >= 0.6 is 0 Å². The minimum atomic E-state index is 0.288. The summed E-state index contributed by atoms with van der Waals surface area (Å²) in [4.78, 5) is 11.5. The molecular formula is C10H14O. The molecule has 2 saturated carbocycles. The van der Waals surface area contributed by atoms with E-state index in [1.807, 2.05) is 0 Å². The third-order valence-corrected chi connectivity index (χ3v) is 3.44. The van der Waals surface area contributed by atoms with E-state index in [2.05, 4.69) is 20.4 Å². The predicted octanol–water partition coefficient (Wildman–Crippen LogP) is 2.18. The number of carbonyl (C=O) groups excluding carboxylic acids is 1. The molecular weight excluding hydrogens is 136 g/mol. The third kappa shape index (κ3) is 0.741. The zero-order valence-electron chi connectivity index (χ0n) is 7.18. The van der Waals surface area contributed by atoms with Gasteiger partial charge in [0, 0.05) is 5.92 Å². The second-order valence-electron chi connectivity index (χ2n) is 4.41. The molecule has 0 aromatic heterocycles. The zero-order chi connectivity index (χ0) is 8.22. The van der Waals surface area contributed by atoms with Crippen molar-refractivity contribution >= 4 is 5.78 Å². The van der Waals surface area contributed by atoms with Crippen molar-refractivity contribution in [2.45, 2.75) is 26.7 Å². The molecule has 0 heterocycles. The number of Topliss-reactive ketones (excluding diaryl/α,β-unsaturated/α-hetero) is 1. The van der Waals surface area contributed by atoms with E-state index in [-0.39, 0.29) is 5.41 Å². The van der Waals surface area contributed by atoms with E-state index in [9.17, 15) is 4.79 Å². The first-order valence-electron chi connectivity index (χ1n) is 4.27. The Morgan fingerprint density at radius 1 is 1.55 bits per heavy atom. The smallest absolute Gasteiger partial charge is 0.162 e. The summed E-state index contributed by atoms with van der Waals surface area (Å²) in [7, 11) is 0. The van der Waals surface area contributed by atoms with Crippen LogP contribution in [0.2, 0.25) is 0 Å². The summed E-state index contributed by atoms with van der Waals surface area (Å²) in [5.41, 5.74) is 1.15. The SMILES string of the molecule is C=C1CC[C@H]2[C@@H](C1=O)C2(C)C. The van der Waals surface area contributed by atoms with Crippen molar-refractivity contribution < 1.29 is 4.79 Å². The fourth-order valence-electron chi connectivity index (χ4n) is 2.48. The number of carbonyl (C=O) groups is 1. The Morgan fingerprint density at radius 3 is 2.73 bits per heavy atom. The molecule has 0 spiro atoms. The molecule has 0 saturated heterocycles. The van der Waals surface area contributed by atoms with Gasteiger partial charge in [-0.3, -0.25) is 4.79 Å². The van der Waals surface area contributed by atoms with Gasteiger partial charge in [0.1, 0.15) is 0 Å². The van der Waals surface area contributed by atoms with Crippen LogP contribution in [0.15, 0.2) is 12.2 Å². The van der Waals surface area contributed by atoms with Gasteiger partial charge in [-0.15, -0.1) is 0 Å². The van der Waals surface area contributed by atoms with Crippen molar-refractivity contribution in [3.63, 3.8) is 0 Å². The van der Waals surface area contributed by atoms with Crippen molar-refractivity contribution in [1.82, 2.24) is 0 Å². The van der Waals surface area contributed by atoms with Gasteiger partial charge in [0.25, 0.3) is 0 Å². The van der Waals surface area contributed by atoms with Crippen molar-refractivity contribution in [3.05, 3.63) is 12.2 Å². The van der Waals surface area contributed by atoms with Gasteiger partial charge in [-0.2, -0.15) is 0 Å². The number of allylic oxidation sites excluding steroid dienone is 1. The molecule has 0 aromatic rings. The highest BCUT2D eigenvalue weighted by atomic mass is 16.1. The average Bonchev–Trinajstić information content (AvgIpc) is 2.46. The predicted molar refractivity (Wildman–Crippen MR) is 44.1 cm³/mol. The lowest BCUT2D eigenvalue weighted by atomic mass is 9.95. The van der Waals surface area contributed by atoms with Gasteiger partial charge in [0.05, 0.1) is 0 Å². The number of fused-ring (bicyclic) bond motifs is 1. The van der Waals surface area contributed by atoms with Gasteiger partial charge >= 0.3 is 0 Å². The molecule has 0 unspecified atom stereocenters. The molecule has 2 aliphatic rings. The van der Waals surface area contributed by atoms with Crippen molar-refractivity contribution in [3.8, 4) is 0 Å². The van der Waals surface area contributed by atoms with Crippen LogP contribution in [0, 0.1) is 17.3 Å². The molecule has 1 heteroatoms. The van der Waals surface area contributed by atoms with E-state index in [1.165, 1.54) is 6.42 Å². The van der Waals surface area contributed by atoms with Gasteiger partial charge in [0.15, 0.2) is 5.78 Å². The molecule has 11 heavy (non-hydrogen) atoms. The Bertz CT molecular complexity index is 237. The zero-order valence-corrected chi connectivity index (χ0v) is 7.18. The van der Waals surface area contributed by atoms with Crippen molar-refractivity contribution in [2.24, 2.45) is 17.3 Å². The topological polar surface area (TPSA) is 17.1 Å². The second kappa shape index (κ2) is 1.77. The monoisotopic (exact) mass is 150 g/mol. The number of hydrogen-bond acceptors (Lipinski definition) is 1. The molecule has 60 valence electrons. The Labute approximate surface area is 67.5 Å². The van der Waals surface area contributed by atoms with E-state index in [4.69, 9.17) is 0 Å². The maximum absolute atomic E-state index is 11.5. The summed E-state index contributed by atoms with van der Waals surface area (Å²) in [6.07, 6.45) is 2.12. The molecule has 1 nitrogen and oxygen atoms in total. The van der Waals surface area contributed by atoms with Gasteiger partial charge in [-0.05, 0) is 29.7 Å². The lowest BCUT2D eigenvalue weighted by Gasteiger charge is -2.08. The van der Waals surface area contributed by atoms with Gasteiger partial charge in [-0.1, -0.05) is 20.4 Å². The van der Waals surface area contributed by atoms with Crippen LogP contribution in [-0.4, -0.2) is 5.78 Å². The van der Waals surface area contributed by atoms with Crippen LogP contribution in [0.5, 0.6) is 0 Å². The lowest BCUT2D eigenvalue weighted by Crippen LogP contribution is -2.11. The van der Waals surface area contributed by atoms with E-state index < -0.39 is 0 Å². The van der Waals surface area contributed by atoms with Crippen molar-refractivity contribution in [1.29, 1.82) is 0 Å². The van der Waals surface area contributed by atoms with Crippen LogP contribution in [0.4, 0.5) is 0 Å². The lowest BCUT2D eigenvalue weighted by molar-refractivity contribution is -0.118. The van der Waals surface area contributed by atoms with E-state index in [0.29, 0.717) is 17.6 Å². The summed E-state index contributed by atoms with van der Waals surface area (Å²) in [6.45, 7) is 8.17. The molecule has 0 aliphatic heterocycles. The highest BCUT2D eigenvalue weighted by Crippen LogP contribution is 2.63. The van der Waals surface area contributed by atoms with Crippen LogP contribution in [-0.2, 0) is 4.79 Å². The van der Waals surface area contributed by atoms with Crippen LogP contribution < -0.4 is 0 Å². The third-order valence-electron chi connectivity index (χ3n) is 3.44. The molecule has 2 aliphatic carbocycles. The molecule has 2 fully saturated rings. The Morgan fingerprint density at radius 2 is 2.18 bits per heavy atom. The highest BCUT2D eigenvalue weighted by Gasteiger charge is 2.62. The van der Waals surface area contributed by atoms with E-state index in [0.717, 1.165) is 12.0 Å². The molecule has 2 rings (SSSR count). The van der Waals surface area contributed by atoms with E-state index in [1.54, 1.807) is 0 Å². The molecule has 2 atom stereocenters. The summed E-state index contributed by atoms with van der Waals surface area (Å²) < 4.78 is 0. The summed E-state index contributed by atoms with van der Waals surface area (Å²) in [5.74, 6) is 1.33. The summed E-state index contributed by atoms with van der Waals surface area (Å²) >= 11 is 0. The normalized spacial score (nSPS) is 40.2. The maximum atomic E-state index is 11.5. The van der Waals surface area contributed by atoms with Crippen molar-refractivity contribution in [2.75, 3.05) is 0 Å².